The number of para-hydroxylation sites is 1. The van der Waals surface area contributed by atoms with Gasteiger partial charge in [0.25, 0.3) is 5.91 Å². The van der Waals surface area contributed by atoms with Crippen LogP contribution in [-0.4, -0.2) is 28.1 Å². The average Bonchev–Trinajstić information content (AvgIpc) is 3.40. The molecule has 2 heterocycles. The number of carbonyl (C=O) groups excluding carboxylic acids is 1. The van der Waals surface area contributed by atoms with E-state index in [4.69, 9.17) is 4.42 Å². The Morgan fingerprint density at radius 1 is 1.00 bits per heavy atom. The minimum absolute atomic E-state index is 0.127. The van der Waals surface area contributed by atoms with Gasteiger partial charge >= 0.3 is 0 Å². The average molecular weight is 460 g/mol. The number of rotatable bonds is 6. The van der Waals surface area contributed by atoms with Crippen LogP contribution in [0.15, 0.2) is 75.5 Å². The molecule has 0 fully saturated rings. The molecule has 0 N–H and O–H groups in total. The van der Waals surface area contributed by atoms with E-state index in [0.29, 0.717) is 18.1 Å². The summed E-state index contributed by atoms with van der Waals surface area (Å²) in [4.78, 5) is 15.2. The molecule has 32 heavy (non-hydrogen) atoms. The van der Waals surface area contributed by atoms with Crippen LogP contribution in [0.5, 0.6) is 0 Å². The van der Waals surface area contributed by atoms with Crippen LogP contribution in [0.3, 0.4) is 0 Å². The number of aromatic nitrogens is 2. The number of furan rings is 1. The molecule has 0 saturated carbocycles. The zero-order chi connectivity index (χ0) is 22.1. The van der Waals surface area contributed by atoms with Crippen LogP contribution >= 0.6 is 23.1 Å². The maximum absolute atomic E-state index is 13.5. The molecule has 160 valence electrons. The molecule has 5 aromatic rings. The molecule has 0 aliphatic rings. The third kappa shape index (κ3) is 4.01. The predicted octanol–water partition coefficient (Wildman–Crippen LogP) is 6.31. The summed E-state index contributed by atoms with van der Waals surface area (Å²) in [5.41, 5.74) is 2.72. The van der Waals surface area contributed by atoms with Gasteiger partial charge in [-0.05, 0) is 29.3 Å². The van der Waals surface area contributed by atoms with Gasteiger partial charge in [-0.1, -0.05) is 83.8 Å². The summed E-state index contributed by atoms with van der Waals surface area (Å²) in [6.07, 6.45) is 0. The Balaban J connectivity index is 1.45. The highest BCUT2D eigenvalue weighted by Gasteiger charge is 2.24. The zero-order valence-corrected chi connectivity index (χ0v) is 19.4. The van der Waals surface area contributed by atoms with Crippen LogP contribution in [0.1, 0.15) is 26.7 Å². The third-order valence-corrected chi connectivity index (χ3v) is 7.37. The van der Waals surface area contributed by atoms with E-state index in [1.54, 1.807) is 28.0 Å². The van der Waals surface area contributed by atoms with Crippen LogP contribution in [0.4, 0.5) is 0 Å². The van der Waals surface area contributed by atoms with Crippen molar-refractivity contribution in [2.45, 2.75) is 23.6 Å². The highest BCUT2D eigenvalue weighted by atomic mass is 32.2. The molecule has 0 unspecified atom stereocenters. The second-order valence-electron chi connectivity index (χ2n) is 7.58. The molecule has 3 aromatic carbocycles. The van der Waals surface area contributed by atoms with E-state index in [2.05, 4.69) is 34.5 Å². The van der Waals surface area contributed by atoms with Crippen molar-refractivity contribution in [3.05, 3.63) is 88.6 Å². The van der Waals surface area contributed by atoms with Crippen LogP contribution in [0, 0.1) is 6.92 Å². The molecule has 0 radical (unpaired) electrons. The fourth-order valence-corrected chi connectivity index (χ4v) is 5.66. The lowest BCUT2D eigenvalue weighted by Crippen LogP contribution is -2.26. The summed E-state index contributed by atoms with van der Waals surface area (Å²) in [7, 11) is 1.82. The number of hydrogen-bond acceptors (Lipinski definition) is 6. The lowest BCUT2D eigenvalue weighted by molar-refractivity contribution is 0.0755. The van der Waals surface area contributed by atoms with Gasteiger partial charge in [-0.15, -0.1) is 10.2 Å². The molecule has 0 aliphatic carbocycles. The fourth-order valence-electron chi connectivity index (χ4n) is 3.82. The molecule has 7 heteroatoms. The van der Waals surface area contributed by atoms with Crippen molar-refractivity contribution in [2.24, 2.45) is 0 Å². The van der Waals surface area contributed by atoms with E-state index in [-0.39, 0.29) is 5.91 Å². The molecule has 1 amide bonds. The van der Waals surface area contributed by atoms with Gasteiger partial charge in [-0.2, -0.15) is 0 Å². The molecule has 0 bridgehead atoms. The van der Waals surface area contributed by atoms with Crippen molar-refractivity contribution in [1.82, 2.24) is 15.1 Å². The van der Waals surface area contributed by atoms with Crippen LogP contribution in [0.25, 0.3) is 21.7 Å². The van der Waals surface area contributed by atoms with Gasteiger partial charge in [-0.25, -0.2) is 0 Å². The summed E-state index contributed by atoms with van der Waals surface area (Å²) in [5.74, 6) is 0.857. The van der Waals surface area contributed by atoms with E-state index in [1.807, 2.05) is 56.4 Å². The van der Waals surface area contributed by atoms with Crippen LogP contribution < -0.4 is 0 Å². The van der Waals surface area contributed by atoms with E-state index < -0.39 is 0 Å². The summed E-state index contributed by atoms with van der Waals surface area (Å²) in [6.45, 7) is 2.44. The Hall–Kier alpha value is -3.16. The van der Waals surface area contributed by atoms with Gasteiger partial charge in [0.1, 0.15) is 10.6 Å². The number of nitrogens with zero attached hydrogens (tertiary/aromatic N) is 3. The Morgan fingerprint density at radius 3 is 2.56 bits per heavy atom. The van der Waals surface area contributed by atoms with Gasteiger partial charge in [0.05, 0.1) is 0 Å². The first-order valence-electron chi connectivity index (χ1n) is 10.3. The Bertz CT molecular complexity index is 1420. The van der Waals surface area contributed by atoms with Crippen molar-refractivity contribution in [1.29, 1.82) is 0 Å². The van der Waals surface area contributed by atoms with E-state index in [9.17, 15) is 4.79 Å². The number of fused-ring (bicyclic) bond motifs is 2. The molecular formula is C25H21N3O2S2. The minimum atomic E-state index is -0.127. The van der Waals surface area contributed by atoms with Gasteiger partial charge in [-0.3, -0.25) is 4.79 Å². The fraction of sp³-hybridized carbons (Fsp3) is 0.160. The Kier molecular flexibility index (Phi) is 5.68. The quantitative estimate of drug-likeness (QED) is 0.279. The van der Waals surface area contributed by atoms with Gasteiger partial charge in [0.2, 0.25) is 0 Å². The Labute approximate surface area is 194 Å². The van der Waals surface area contributed by atoms with Crippen molar-refractivity contribution < 1.29 is 9.21 Å². The maximum atomic E-state index is 13.5. The topological polar surface area (TPSA) is 59.2 Å². The summed E-state index contributed by atoms with van der Waals surface area (Å²) >= 11 is 3.13. The zero-order valence-electron chi connectivity index (χ0n) is 17.7. The van der Waals surface area contributed by atoms with Crippen molar-refractivity contribution in [2.75, 3.05) is 7.05 Å². The second-order valence-corrected chi connectivity index (χ2v) is 9.99. The maximum Gasteiger partial charge on any atom is 0.289 e. The van der Waals surface area contributed by atoms with E-state index >= 15 is 0 Å². The number of aryl methyl sites for hydroxylation is 1. The van der Waals surface area contributed by atoms with Crippen LogP contribution in [-0.2, 0) is 12.3 Å². The molecular weight excluding hydrogens is 438 g/mol. The first-order valence-corrected chi connectivity index (χ1v) is 12.1. The van der Waals surface area contributed by atoms with E-state index in [0.717, 1.165) is 36.8 Å². The number of hydrogen-bond donors (Lipinski definition) is 0. The second kappa shape index (κ2) is 8.76. The number of carbonyl (C=O) groups is 1. The van der Waals surface area contributed by atoms with Crippen molar-refractivity contribution in [3.8, 4) is 0 Å². The summed E-state index contributed by atoms with van der Waals surface area (Å²) in [5, 5.41) is 12.5. The Morgan fingerprint density at radius 2 is 1.75 bits per heavy atom. The lowest BCUT2D eigenvalue weighted by atomic mass is 10.0. The largest absolute Gasteiger partial charge is 0.451 e. The molecule has 5 rings (SSSR count). The molecule has 5 nitrogen and oxygen atoms in total. The monoisotopic (exact) mass is 459 g/mol. The van der Waals surface area contributed by atoms with Gasteiger partial charge < -0.3 is 9.32 Å². The smallest absolute Gasteiger partial charge is 0.289 e. The van der Waals surface area contributed by atoms with Crippen molar-refractivity contribution >= 4 is 50.7 Å². The highest BCUT2D eigenvalue weighted by Crippen LogP contribution is 2.34. The summed E-state index contributed by atoms with van der Waals surface area (Å²) < 4.78 is 6.95. The minimum Gasteiger partial charge on any atom is -0.451 e. The standard InChI is InChI=1S/C25H21N3O2S2/c1-16-26-27-25(32-16)31-15-21-20-12-5-6-13-22(20)30-23(21)24(29)28(2)14-18-10-7-9-17-8-3-4-11-19(17)18/h3-13H,14-15H2,1-2H3. The highest BCUT2D eigenvalue weighted by molar-refractivity contribution is 8.00. The van der Waals surface area contributed by atoms with Gasteiger partial charge in [0, 0.05) is 30.3 Å². The SMILES string of the molecule is Cc1nnc(SCc2c(C(=O)N(C)Cc3cccc4ccccc34)oc3ccccc23)s1. The predicted molar refractivity (Wildman–Crippen MR) is 130 cm³/mol. The lowest BCUT2D eigenvalue weighted by Gasteiger charge is -2.18. The normalized spacial score (nSPS) is 11.3. The molecule has 0 spiro atoms. The van der Waals surface area contributed by atoms with Crippen molar-refractivity contribution in [3.63, 3.8) is 0 Å². The molecule has 2 aromatic heterocycles. The van der Waals surface area contributed by atoms with E-state index in [1.165, 1.54) is 5.39 Å². The number of thioether (sulfide) groups is 1. The number of benzene rings is 3. The summed E-state index contributed by atoms with van der Waals surface area (Å²) in [6, 6.07) is 22.2. The molecule has 0 aliphatic heterocycles. The first kappa shape index (κ1) is 20.7. The molecule has 0 saturated heterocycles. The number of amides is 1. The van der Waals surface area contributed by atoms with Gasteiger partial charge in [0.15, 0.2) is 10.1 Å². The first-order chi connectivity index (χ1) is 15.6. The third-order valence-electron chi connectivity index (χ3n) is 5.37. The van der Waals surface area contributed by atoms with Crippen LogP contribution in [0.2, 0.25) is 0 Å². The molecule has 0 atom stereocenters.